The van der Waals surface area contributed by atoms with Crippen LogP contribution >= 0.6 is 0 Å². The van der Waals surface area contributed by atoms with E-state index in [0.717, 1.165) is 0 Å². The molecule has 0 radical (unpaired) electrons. The van der Waals surface area contributed by atoms with Crippen LogP contribution in [0.2, 0.25) is 0 Å². The number of aliphatic hydroxyl groups is 1. The molecule has 1 aromatic carbocycles. The topological polar surface area (TPSA) is 65.7 Å². The Bertz CT molecular complexity index is 735. The second-order valence-corrected chi connectivity index (χ2v) is 6.07. The molecule has 2 aromatic rings. The third-order valence-electron chi connectivity index (χ3n) is 4.23. The minimum Gasteiger partial charge on any atom is -0.465 e. The first kappa shape index (κ1) is 17.2. The molecule has 25 heavy (non-hydrogen) atoms. The summed E-state index contributed by atoms with van der Waals surface area (Å²) >= 11 is 0. The maximum absolute atomic E-state index is 14.3. The van der Waals surface area contributed by atoms with Crippen LogP contribution in [0.3, 0.4) is 0 Å². The highest BCUT2D eigenvalue weighted by molar-refractivity contribution is 5.91. The van der Waals surface area contributed by atoms with Gasteiger partial charge in [-0.25, -0.2) is 4.39 Å². The van der Waals surface area contributed by atoms with E-state index in [0.29, 0.717) is 42.9 Å². The highest BCUT2D eigenvalue weighted by atomic mass is 19.1. The molecule has 132 valence electrons. The van der Waals surface area contributed by atoms with E-state index < -0.39 is 0 Å². The Labute approximate surface area is 145 Å². The summed E-state index contributed by atoms with van der Waals surface area (Å²) in [4.78, 5) is 13.7. The molecule has 0 atom stereocenters. The van der Waals surface area contributed by atoms with Gasteiger partial charge in [-0.3, -0.25) is 4.79 Å². The lowest BCUT2D eigenvalue weighted by molar-refractivity contribution is -0.116. The summed E-state index contributed by atoms with van der Waals surface area (Å²) in [5.74, 6) is 0.0115. The lowest BCUT2D eigenvalue weighted by Gasteiger charge is -2.31. The fraction of sp³-hybridized carbons (Fsp3) is 0.316. The van der Waals surface area contributed by atoms with Gasteiger partial charge >= 0.3 is 0 Å². The molecule has 1 aliphatic heterocycles. The quantitative estimate of drug-likeness (QED) is 0.819. The molecule has 1 saturated heterocycles. The monoisotopic (exact) mass is 344 g/mol. The lowest BCUT2D eigenvalue weighted by Crippen LogP contribution is -2.36. The largest absolute Gasteiger partial charge is 0.465 e. The molecule has 0 spiro atoms. The van der Waals surface area contributed by atoms with E-state index in [-0.39, 0.29) is 24.4 Å². The van der Waals surface area contributed by atoms with Gasteiger partial charge in [0.15, 0.2) is 0 Å². The molecule has 1 amide bonds. The summed E-state index contributed by atoms with van der Waals surface area (Å²) in [6, 6.07) is 8.46. The van der Waals surface area contributed by atoms with Gasteiger partial charge in [-0.2, -0.15) is 0 Å². The Balaban J connectivity index is 1.55. The molecule has 3 rings (SSSR count). The number of hydrogen-bond donors (Lipinski definition) is 2. The standard InChI is InChI=1S/C19H21FN2O3/c20-17-12-14(3-5-18(17)22-9-7-15(23)8-10-22)13-21-19(24)6-4-16-2-1-11-25-16/h1-6,11-12,15,23H,7-10,13H2,(H,21,24)/b6-4+. The van der Waals surface area contributed by atoms with Gasteiger partial charge in [-0.15, -0.1) is 0 Å². The third-order valence-corrected chi connectivity index (χ3v) is 4.23. The van der Waals surface area contributed by atoms with Crippen molar-refractivity contribution in [2.24, 2.45) is 0 Å². The van der Waals surface area contributed by atoms with E-state index in [2.05, 4.69) is 5.32 Å². The number of nitrogens with zero attached hydrogens (tertiary/aromatic N) is 1. The second kappa shape index (κ2) is 7.98. The van der Waals surface area contributed by atoms with Crippen molar-refractivity contribution in [2.75, 3.05) is 18.0 Å². The lowest BCUT2D eigenvalue weighted by atomic mass is 10.1. The van der Waals surface area contributed by atoms with Gasteiger partial charge < -0.3 is 19.7 Å². The predicted molar refractivity (Wildman–Crippen MR) is 93.4 cm³/mol. The van der Waals surface area contributed by atoms with Crippen molar-refractivity contribution in [2.45, 2.75) is 25.5 Å². The molecule has 0 saturated carbocycles. The Morgan fingerprint density at radius 2 is 2.16 bits per heavy atom. The minimum absolute atomic E-state index is 0.247. The van der Waals surface area contributed by atoms with E-state index in [1.807, 2.05) is 4.90 Å². The SMILES string of the molecule is O=C(/C=C/c1ccco1)NCc1ccc(N2CCC(O)CC2)c(F)c1. The van der Waals surface area contributed by atoms with E-state index >= 15 is 0 Å². The van der Waals surface area contributed by atoms with Gasteiger partial charge in [0.25, 0.3) is 0 Å². The van der Waals surface area contributed by atoms with Gasteiger partial charge in [0.05, 0.1) is 18.1 Å². The molecular weight excluding hydrogens is 323 g/mol. The summed E-state index contributed by atoms with van der Waals surface area (Å²) in [6.45, 7) is 1.54. The molecule has 1 fully saturated rings. The van der Waals surface area contributed by atoms with Gasteiger partial charge in [0.2, 0.25) is 5.91 Å². The van der Waals surface area contributed by atoms with Crippen molar-refractivity contribution in [3.63, 3.8) is 0 Å². The number of piperidine rings is 1. The summed E-state index contributed by atoms with van der Waals surface area (Å²) < 4.78 is 19.4. The Kier molecular flexibility index (Phi) is 5.50. The van der Waals surface area contributed by atoms with Crippen LogP contribution in [-0.2, 0) is 11.3 Å². The Hall–Kier alpha value is -2.60. The molecular formula is C19H21FN2O3. The number of benzene rings is 1. The predicted octanol–water partition coefficient (Wildman–Crippen LogP) is 2.71. The number of amides is 1. The fourth-order valence-corrected chi connectivity index (χ4v) is 2.82. The maximum Gasteiger partial charge on any atom is 0.244 e. The first-order valence-corrected chi connectivity index (χ1v) is 8.32. The van der Waals surface area contributed by atoms with Gasteiger partial charge in [0, 0.05) is 25.7 Å². The average molecular weight is 344 g/mol. The zero-order valence-corrected chi connectivity index (χ0v) is 13.8. The molecule has 1 aliphatic rings. The molecule has 0 aliphatic carbocycles. The summed E-state index contributed by atoms with van der Waals surface area (Å²) in [5.41, 5.74) is 1.23. The average Bonchev–Trinajstić information content (AvgIpc) is 3.13. The highest BCUT2D eigenvalue weighted by Crippen LogP contribution is 2.24. The second-order valence-electron chi connectivity index (χ2n) is 6.07. The molecule has 2 N–H and O–H groups in total. The zero-order valence-electron chi connectivity index (χ0n) is 13.8. The molecule has 1 aromatic heterocycles. The van der Waals surface area contributed by atoms with Crippen LogP contribution in [0, 0.1) is 5.82 Å². The molecule has 0 bridgehead atoms. The summed E-state index contributed by atoms with van der Waals surface area (Å²) in [7, 11) is 0. The van der Waals surface area contributed by atoms with E-state index in [1.165, 1.54) is 18.4 Å². The summed E-state index contributed by atoms with van der Waals surface area (Å²) in [6.07, 6.45) is 5.50. The highest BCUT2D eigenvalue weighted by Gasteiger charge is 2.19. The zero-order chi connectivity index (χ0) is 17.6. The smallest absolute Gasteiger partial charge is 0.244 e. The number of rotatable bonds is 5. The normalized spacial score (nSPS) is 15.7. The van der Waals surface area contributed by atoms with Crippen LogP contribution in [0.1, 0.15) is 24.2 Å². The van der Waals surface area contributed by atoms with Crippen LogP contribution < -0.4 is 10.2 Å². The number of furan rings is 1. The molecule has 5 nitrogen and oxygen atoms in total. The van der Waals surface area contributed by atoms with Crippen LogP contribution in [0.4, 0.5) is 10.1 Å². The van der Waals surface area contributed by atoms with Crippen LogP contribution in [-0.4, -0.2) is 30.2 Å². The Morgan fingerprint density at radius 3 is 2.84 bits per heavy atom. The number of halogens is 1. The van der Waals surface area contributed by atoms with E-state index in [9.17, 15) is 14.3 Å². The van der Waals surface area contributed by atoms with Crippen LogP contribution in [0.15, 0.2) is 47.1 Å². The van der Waals surface area contributed by atoms with Gasteiger partial charge in [-0.1, -0.05) is 6.07 Å². The Morgan fingerprint density at radius 1 is 1.36 bits per heavy atom. The number of nitrogens with one attached hydrogen (secondary N) is 1. The number of carbonyl (C=O) groups is 1. The van der Waals surface area contributed by atoms with Crippen molar-refractivity contribution < 1.29 is 18.7 Å². The van der Waals surface area contributed by atoms with Gasteiger partial charge in [0.1, 0.15) is 11.6 Å². The van der Waals surface area contributed by atoms with Crippen LogP contribution in [0.25, 0.3) is 6.08 Å². The molecule has 6 heteroatoms. The van der Waals surface area contributed by atoms with Crippen molar-refractivity contribution in [3.05, 3.63) is 59.8 Å². The number of aliphatic hydroxyl groups excluding tert-OH is 1. The van der Waals surface area contributed by atoms with Gasteiger partial charge in [-0.05, 0) is 48.7 Å². The van der Waals surface area contributed by atoms with Crippen molar-refractivity contribution in [3.8, 4) is 0 Å². The van der Waals surface area contributed by atoms with Crippen LogP contribution in [0.5, 0.6) is 0 Å². The van der Waals surface area contributed by atoms with Crippen molar-refractivity contribution in [1.82, 2.24) is 5.32 Å². The van der Waals surface area contributed by atoms with E-state index in [4.69, 9.17) is 4.42 Å². The molecule has 0 unspecified atom stereocenters. The maximum atomic E-state index is 14.3. The minimum atomic E-state index is -0.311. The number of carbonyl (C=O) groups excluding carboxylic acids is 1. The first-order chi connectivity index (χ1) is 12.1. The number of hydrogen-bond acceptors (Lipinski definition) is 4. The summed E-state index contributed by atoms with van der Waals surface area (Å²) in [5, 5.41) is 12.3. The third kappa shape index (κ3) is 4.70. The first-order valence-electron chi connectivity index (χ1n) is 8.32. The van der Waals surface area contributed by atoms with Crippen molar-refractivity contribution in [1.29, 1.82) is 0 Å². The van der Waals surface area contributed by atoms with E-state index in [1.54, 1.807) is 30.3 Å². The van der Waals surface area contributed by atoms with Crippen molar-refractivity contribution >= 4 is 17.7 Å². The fourth-order valence-electron chi connectivity index (χ4n) is 2.82. The molecule has 2 heterocycles. The number of anilines is 1.